The van der Waals surface area contributed by atoms with E-state index >= 15 is 0 Å². The summed E-state index contributed by atoms with van der Waals surface area (Å²) in [4.78, 5) is 6.69. The van der Waals surface area contributed by atoms with Crippen LogP contribution in [0.5, 0.6) is 11.5 Å². The molecule has 2 aromatic rings. The number of allylic oxidation sites excluding steroid dienone is 1. The number of ether oxygens (including phenoxy) is 2. The molecule has 27 heavy (non-hydrogen) atoms. The minimum Gasteiger partial charge on any atom is -0.492 e. The summed E-state index contributed by atoms with van der Waals surface area (Å²) in [7, 11) is 0. The van der Waals surface area contributed by atoms with Gasteiger partial charge < -0.3 is 19.7 Å². The third kappa shape index (κ3) is 5.16. The molecule has 0 amide bonds. The smallest absolute Gasteiger partial charge is 0.137 e. The van der Waals surface area contributed by atoms with E-state index in [1.165, 1.54) is 5.56 Å². The molecular formula is C22H29N3O2. The summed E-state index contributed by atoms with van der Waals surface area (Å²) in [6.07, 6.45) is 2.98. The summed E-state index contributed by atoms with van der Waals surface area (Å²) < 4.78 is 11.6. The van der Waals surface area contributed by atoms with Gasteiger partial charge in [0.2, 0.25) is 0 Å². The number of anilines is 1. The molecule has 0 radical (unpaired) electrons. The standard InChI is InChI=1S/C22H29N3O2/c1-5-12-26-20-10-11-22(23-13-20)25-14-21(15-25)27-19-8-6-18(7-9-19)17(4)24-16(2)3/h6-11,13,17,21,24H,2,5,12,14-15H2,1,3-4H3/t17-/m0/s1. The Balaban J connectivity index is 1.46. The van der Waals surface area contributed by atoms with E-state index in [1.807, 2.05) is 31.2 Å². The molecule has 0 spiro atoms. The molecule has 3 rings (SSSR count). The monoisotopic (exact) mass is 367 g/mol. The molecule has 1 aliphatic rings. The van der Waals surface area contributed by atoms with Crippen molar-refractivity contribution in [3.05, 3.63) is 60.4 Å². The highest BCUT2D eigenvalue weighted by Crippen LogP contribution is 2.25. The van der Waals surface area contributed by atoms with Crippen molar-refractivity contribution in [1.29, 1.82) is 0 Å². The predicted octanol–water partition coefficient (Wildman–Crippen LogP) is 4.32. The van der Waals surface area contributed by atoms with Crippen molar-refractivity contribution in [3.63, 3.8) is 0 Å². The van der Waals surface area contributed by atoms with Gasteiger partial charge in [-0.2, -0.15) is 0 Å². The van der Waals surface area contributed by atoms with E-state index < -0.39 is 0 Å². The fraction of sp³-hybridized carbons (Fsp3) is 0.409. The summed E-state index contributed by atoms with van der Waals surface area (Å²) in [5, 5.41) is 3.32. The first-order chi connectivity index (χ1) is 13.0. The SMILES string of the molecule is C=C(C)N[C@@H](C)c1ccc(OC2CN(c3ccc(OCCC)cn3)C2)cc1. The molecule has 5 nitrogen and oxygen atoms in total. The normalized spacial score (nSPS) is 15.0. The van der Waals surface area contributed by atoms with Gasteiger partial charge in [0.1, 0.15) is 23.4 Å². The molecule has 0 unspecified atom stereocenters. The third-order valence-corrected chi connectivity index (χ3v) is 4.51. The lowest BCUT2D eigenvalue weighted by Gasteiger charge is -2.39. The van der Waals surface area contributed by atoms with Gasteiger partial charge in [-0.1, -0.05) is 25.6 Å². The van der Waals surface area contributed by atoms with Gasteiger partial charge in [0.25, 0.3) is 0 Å². The van der Waals surface area contributed by atoms with Crippen LogP contribution >= 0.6 is 0 Å². The van der Waals surface area contributed by atoms with Crippen molar-refractivity contribution in [1.82, 2.24) is 10.3 Å². The molecular weight excluding hydrogens is 338 g/mol. The molecule has 1 fully saturated rings. The zero-order valence-corrected chi connectivity index (χ0v) is 16.4. The second kappa shape index (κ2) is 8.80. The first kappa shape index (κ1) is 19.1. The average molecular weight is 367 g/mol. The molecule has 1 aromatic heterocycles. The molecule has 1 saturated heterocycles. The summed E-state index contributed by atoms with van der Waals surface area (Å²) >= 11 is 0. The van der Waals surface area contributed by atoms with E-state index in [1.54, 1.807) is 6.20 Å². The number of benzene rings is 1. The van der Waals surface area contributed by atoms with Gasteiger partial charge in [-0.3, -0.25) is 0 Å². The molecule has 0 saturated carbocycles. The minimum absolute atomic E-state index is 0.194. The van der Waals surface area contributed by atoms with Crippen molar-refractivity contribution < 1.29 is 9.47 Å². The number of nitrogens with one attached hydrogen (secondary N) is 1. The van der Waals surface area contributed by atoms with Crippen LogP contribution in [0.4, 0.5) is 5.82 Å². The Morgan fingerprint density at radius 1 is 1.22 bits per heavy atom. The van der Waals surface area contributed by atoms with Crippen LogP contribution in [0.25, 0.3) is 0 Å². The van der Waals surface area contributed by atoms with Gasteiger partial charge in [-0.05, 0) is 50.1 Å². The van der Waals surface area contributed by atoms with E-state index in [4.69, 9.17) is 9.47 Å². The molecule has 144 valence electrons. The minimum atomic E-state index is 0.194. The number of rotatable bonds is 9. The predicted molar refractivity (Wildman–Crippen MR) is 109 cm³/mol. The first-order valence-corrected chi connectivity index (χ1v) is 9.57. The Bertz CT molecular complexity index is 737. The van der Waals surface area contributed by atoms with Crippen molar-refractivity contribution in [2.75, 3.05) is 24.6 Å². The van der Waals surface area contributed by atoms with E-state index in [9.17, 15) is 0 Å². The Morgan fingerprint density at radius 3 is 2.52 bits per heavy atom. The van der Waals surface area contributed by atoms with Crippen molar-refractivity contribution >= 4 is 5.82 Å². The largest absolute Gasteiger partial charge is 0.492 e. The van der Waals surface area contributed by atoms with Crippen LogP contribution in [0.15, 0.2) is 54.9 Å². The highest BCUT2D eigenvalue weighted by molar-refractivity contribution is 5.44. The molecule has 1 N–H and O–H groups in total. The molecule has 5 heteroatoms. The number of aromatic nitrogens is 1. The second-order valence-corrected chi connectivity index (χ2v) is 7.06. The summed E-state index contributed by atoms with van der Waals surface area (Å²) in [5.41, 5.74) is 2.19. The number of hydrogen-bond donors (Lipinski definition) is 1. The molecule has 1 aromatic carbocycles. The van der Waals surface area contributed by atoms with Crippen LogP contribution in [0.1, 0.15) is 38.8 Å². The maximum atomic E-state index is 6.06. The lowest BCUT2D eigenvalue weighted by atomic mass is 10.1. The van der Waals surface area contributed by atoms with Crippen LogP contribution in [-0.4, -0.2) is 30.8 Å². The number of pyridine rings is 1. The Labute approximate surface area is 162 Å². The molecule has 0 bridgehead atoms. The van der Waals surface area contributed by atoms with E-state index in [0.29, 0.717) is 0 Å². The lowest BCUT2D eigenvalue weighted by Crippen LogP contribution is -2.54. The second-order valence-electron chi connectivity index (χ2n) is 7.06. The average Bonchev–Trinajstić information content (AvgIpc) is 2.63. The van der Waals surface area contributed by atoms with E-state index in [2.05, 4.69) is 47.8 Å². The van der Waals surface area contributed by atoms with Gasteiger partial charge in [-0.25, -0.2) is 4.98 Å². The summed E-state index contributed by atoms with van der Waals surface area (Å²) in [5.74, 6) is 2.69. The fourth-order valence-electron chi connectivity index (χ4n) is 3.05. The van der Waals surface area contributed by atoms with E-state index in [0.717, 1.165) is 49.1 Å². The van der Waals surface area contributed by atoms with Crippen LogP contribution in [-0.2, 0) is 0 Å². The molecule has 2 heterocycles. The maximum absolute atomic E-state index is 6.06. The highest BCUT2D eigenvalue weighted by Gasteiger charge is 2.29. The lowest BCUT2D eigenvalue weighted by molar-refractivity contribution is 0.167. The Morgan fingerprint density at radius 2 is 1.93 bits per heavy atom. The first-order valence-electron chi connectivity index (χ1n) is 9.57. The van der Waals surface area contributed by atoms with Crippen LogP contribution in [0, 0.1) is 0 Å². The van der Waals surface area contributed by atoms with Crippen LogP contribution in [0.2, 0.25) is 0 Å². The fourth-order valence-corrected chi connectivity index (χ4v) is 3.05. The van der Waals surface area contributed by atoms with Crippen LogP contribution in [0.3, 0.4) is 0 Å². The van der Waals surface area contributed by atoms with Crippen molar-refractivity contribution in [3.8, 4) is 11.5 Å². The topological polar surface area (TPSA) is 46.6 Å². The van der Waals surface area contributed by atoms with Crippen molar-refractivity contribution in [2.24, 2.45) is 0 Å². The Kier molecular flexibility index (Phi) is 6.22. The number of nitrogens with zero attached hydrogens (tertiary/aromatic N) is 2. The van der Waals surface area contributed by atoms with E-state index in [-0.39, 0.29) is 12.1 Å². The van der Waals surface area contributed by atoms with Gasteiger partial charge >= 0.3 is 0 Å². The van der Waals surface area contributed by atoms with Crippen molar-refractivity contribution in [2.45, 2.75) is 39.3 Å². The third-order valence-electron chi connectivity index (χ3n) is 4.51. The zero-order chi connectivity index (χ0) is 19.2. The summed E-state index contributed by atoms with van der Waals surface area (Å²) in [6, 6.07) is 12.5. The molecule has 1 atom stereocenters. The maximum Gasteiger partial charge on any atom is 0.137 e. The molecule has 0 aliphatic carbocycles. The molecule has 1 aliphatic heterocycles. The highest BCUT2D eigenvalue weighted by atomic mass is 16.5. The van der Waals surface area contributed by atoms with Gasteiger partial charge in [-0.15, -0.1) is 0 Å². The Hall–Kier alpha value is -2.69. The van der Waals surface area contributed by atoms with Gasteiger partial charge in [0, 0.05) is 11.7 Å². The quantitative estimate of drug-likeness (QED) is 0.715. The van der Waals surface area contributed by atoms with Crippen LogP contribution < -0.4 is 19.7 Å². The summed E-state index contributed by atoms with van der Waals surface area (Å²) in [6.45, 7) is 12.5. The van der Waals surface area contributed by atoms with Gasteiger partial charge in [0.05, 0.1) is 25.9 Å². The number of hydrogen-bond acceptors (Lipinski definition) is 5. The zero-order valence-electron chi connectivity index (χ0n) is 16.4. The van der Waals surface area contributed by atoms with Gasteiger partial charge in [0.15, 0.2) is 0 Å².